The molecule has 0 saturated carbocycles. The first kappa shape index (κ1) is 13.8. The van der Waals surface area contributed by atoms with E-state index in [0.29, 0.717) is 5.41 Å². The first-order valence-corrected chi connectivity index (χ1v) is 8.48. The maximum Gasteiger partial charge on any atom is 0.0224 e. The molecule has 1 N–H and O–H groups in total. The molecule has 1 unspecified atom stereocenters. The molecule has 3 saturated heterocycles. The van der Waals surface area contributed by atoms with Crippen molar-refractivity contribution in [3.05, 3.63) is 0 Å². The van der Waals surface area contributed by atoms with Gasteiger partial charge in [0.15, 0.2) is 0 Å². The highest BCUT2D eigenvalue weighted by Gasteiger charge is 2.36. The van der Waals surface area contributed by atoms with Crippen LogP contribution in [0.4, 0.5) is 0 Å². The van der Waals surface area contributed by atoms with E-state index in [2.05, 4.69) is 22.0 Å². The van der Waals surface area contributed by atoms with Crippen molar-refractivity contribution in [3.8, 4) is 0 Å². The third-order valence-corrected chi connectivity index (χ3v) is 5.68. The van der Waals surface area contributed by atoms with Crippen molar-refractivity contribution in [1.29, 1.82) is 0 Å². The van der Waals surface area contributed by atoms with E-state index in [1.54, 1.807) is 0 Å². The molecule has 0 aromatic carbocycles. The van der Waals surface area contributed by atoms with Crippen molar-refractivity contribution in [2.45, 2.75) is 51.5 Å². The van der Waals surface area contributed by atoms with Crippen molar-refractivity contribution in [3.63, 3.8) is 0 Å². The minimum Gasteiger partial charge on any atom is -0.317 e. The fourth-order valence-electron chi connectivity index (χ4n) is 4.65. The topological polar surface area (TPSA) is 18.5 Å². The summed E-state index contributed by atoms with van der Waals surface area (Å²) in [6, 6.07) is 0.883. The van der Waals surface area contributed by atoms with Crippen molar-refractivity contribution >= 4 is 0 Å². The van der Waals surface area contributed by atoms with Crippen LogP contribution in [-0.2, 0) is 0 Å². The van der Waals surface area contributed by atoms with Crippen LogP contribution >= 0.6 is 0 Å². The van der Waals surface area contributed by atoms with Gasteiger partial charge in [0.25, 0.3) is 0 Å². The predicted molar refractivity (Wildman–Crippen MR) is 80.5 cm³/mol. The number of piperazine rings is 1. The maximum atomic E-state index is 3.55. The molecule has 0 radical (unpaired) electrons. The maximum absolute atomic E-state index is 3.55. The van der Waals surface area contributed by atoms with Gasteiger partial charge < -0.3 is 5.32 Å². The Morgan fingerprint density at radius 1 is 1.16 bits per heavy atom. The van der Waals surface area contributed by atoms with Crippen LogP contribution in [0.5, 0.6) is 0 Å². The first-order chi connectivity index (χ1) is 9.31. The van der Waals surface area contributed by atoms with E-state index in [-0.39, 0.29) is 0 Å². The number of nitrogens with one attached hydrogen (secondary N) is 1. The van der Waals surface area contributed by atoms with Crippen molar-refractivity contribution in [1.82, 2.24) is 15.1 Å². The molecular formula is C16H31N3. The van der Waals surface area contributed by atoms with Gasteiger partial charge in [0.2, 0.25) is 0 Å². The Kier molecular flexibility index (Phi) is 4.45. The number of piperidine rings is 1. The minimum absolute atomic E-state index is 0.626. The zero-order valence-corrected chi connectivity index (χ0v) is 12.7. The van der Waals surface area contributed by atoms with Crippen molar-refractivity contribution in [2.24, 2.45) is 5.41 Å². The molecule has 0 spiro atoms. The van der Waals surface area contributed by atoms with Gasteiger partial charge in [0.1, 0.15) is 0 Å². The molecule has 110 valence electrons. The largest absolute Gasteiger partial charge is 0.317 e. The van der Waals surface area contributed by atoms with Crippen LogP contribution in [0.25, 0.3) is 0 Å². The van der Waals surface area contributed by atoms with Crippen LogP contribution in [0.15, 0.2) is 0 Å². The molecule has 3 rings (SSSR count). The van der Waals surface area contributed by atoms with Gasteiger partial charge in [-0.25, -0.2) is 0 Å². The zero-order valence-electron chi connectivity index (χ0n) is 12.7. The Morgan fingerprint density at radius 2 is 2.00 bits per heavy atom. The molecule has 1 atom stereocenters. The van der Waals surface area contributed by atoms with E-state index >= 15 is 0 Å². The van der Waals surface area contributed by atoms with Crippen LogP contribution in [-0.4, -0.2) is 61.7 Å². The summed E-state index contributed by atoms with van der Waals surface area (Å²) in [6.45, 7) is 11.6. The Labute approximate surface area is 118 Å². The molecule has 0 bridgehead atoms. The minimum atomic E-state index is 0.626. The molecule has 3 aliphatic heterocycles. The SMILES string of the molecule is CCCC1(CN2CCN3CCCC3C2)CCNCC1. The lowest BCUT2D eigenvalue weighted by molar-refractivity contribution is 0.0453. The molecule has 3 heteroatoms. The smallest absolute Gasteiger partial charge is 0.0224 e. The fourth-order valence-corrected chi connectivity index (χ4v) is 4.65. The van der Waals surface area contributed by atoms with Gasteiger partial charge in [0, 0.05) is 32.2 Å². The zero-order chi connectivity index (χ0) is 13.1. The lowest BCUT2D eigenvalue weighted by atomic mass is 9.75. The molecule has 3 aliphatic rings. The van der Waals surface area contributed by atoms with Gasteiger partial charge in [-0.15, -0.1) is 0 Å². The summed E-state index contributed by atoms with van der Waals surface area (Å²) in [5.74, 6) is 0. The molecule has 0 aromatic rings. The lowest BCUT2D eigenvalue weighted by Gasteiger charge is -2.45. The summed E-state index contributed by atoms with van der Waals surface area (Å²) < 4.78 is 0. The van der Waals surface area contributed by atoms with E-state index < -0.39 is 0 Å². The van der Waals surface area contributed by atoms with Gasteiger partial charge >= 0.3 is 0 Å². The molecule has 3 heterocycles. The first-order valence-electron chi connectivity index (χ1n) is 8.48. The lowest BCUT2D eigenvalue weighted by Crippen LogP contribution is -2.54. The van der Waals surface area contributed by atoms with Gasteiger partial charge in [-0.05, 0) is 57.2 Å². The number of nitrogens with zero attached hydrogens (tertiary/aromatic N) is 2. The van der Waals surface area contributed by atoms with Gasteiger partial charge in [-0.3, -0.25) is 9.80 Å². The molecule has 3 fully saturated rings. The predicted octanol–water partition coefficient (Wildman–Crippen LogP) is 1.94. The highest BCUT2D eigenvalue weighted by Crippen LogP contribution is 2.36. The monoisotopic (exact) mass is 265 g/mol. The Balaban J connectivity index is 1.58. The summed E-state index contributed by atoms with van der Waals surface area (Å²) >= 11 is 0. The summed E-state index contributed by atoms with van der Waals surface area (Å²) in [6.07, 6.45) is 8.45. The second-order valence-corrected chi connectivity index (χ2v) is 7.07. The Bertz CT molecular complexity index is 280. The highest BCUT2D eigenvalue weighted by atomic mass is 15.3. The molecule has 3 nitrogen and oxygen atoms in total. The summed E-state index contributed by atoms with van der Waals surface area (Å²) in [5.41, 5.74) is 0.626. The van der Waals surface area contributed by atoms with Crippen LogP contribution in [0, 0.1) is 5.41 Å². The fraction of sp³-hybridized carbons (Fsp3) is 1.00. The van der Waals surface area contributed by atoms with Crippen LogP contribution in [0.1, 0.15) is 45.4 Å². The number of hydrogen-bond donors (Lipinski definition) is 1. The Morgan fingerprint density at radius 3 is 2.79 bits per heavy atom. The van der Waals surface area contributed by atoms with E-state index in [0.717, 1.165) is 6.04 Å². The average Bonchev–Trinajstić information content (AvgIpc) is 2.87. The molecule has 0 amide bonds. The van der Waals surface area contributed by atoms with Gasteiger partial charge in [0.05, 0.1) is 0 Å². The summed E-state index contributed by atoms with van der Waals surface area (Å²) in [4.78, 5) is 5.53. The number of rotatable bonds is 4. The second kappa shape index (κ2) is 6.11. The van der Waals surface area contributed by atoms with E-state index in [1.807, 2.05) is 0 Å². The van der Waals surface area contributed by atoms with Gasteiger partial charge in [-0.2, -0.15) is 0 Å². The second-order valence-electron chi connectivity index (χ2n) is 7.07. The van der Waals surface area contributed by atoms with E-state index in [1.165, 1.54) is 84.3 Å². The molecule has 0 aromatic heterocycles. The molecule has 0 aliphatic carbocycles. The third-order valence-electron chi connectivity index (χ3n) is 5.68. The van der Waals surface area contributed by atoms with Crippen molar-refractivity contribution in [2.75, 3.05) is 45.8 Å². The van der Waals surface area contributed by atoms with Crippen LogP contribution < -0.4 is 5.32 Å². The molecular weight excluding hydrogens is 234 g/mol. The Hall–Kier alpha value is -0.120. The normalized spacial score (nSPS) is 32.4. The number of hydrogen-bond acceptors (Lipinski definition) is 3. The average molecular weight is 265 g/mol. The van der Waals surface area contributed by atoms with E-state index in [9.17, 15) is 0 Å². The summed E-state index contributed by atoms with van der Waals surface area (Å²) in [7, 11) is 0. The standard InChI is InChI=1S/C16H31N3/c1-2-5-16(6-8-17-9-7-16)14-18-11-12-19-10-3-4-15(19)13-18/h15,17H,2-14H2,1H3. The summed E-state index contributed by atoms with van der Waals surface area (Å²) in [5, 5.41) is 3.55. The quantitative estimate of drug-likeness (QED) is 0.838. The van der Waals surface area contributed by atoms with E-state index in [4.69, 9.17) is 0 Å². The van der Waals surface area contributed by atoms with Crippen molar-refractivity contribution < 1.29 is 0 Å². The highest BCUT2D eigenvalue weighted by molar-refractivity contribution is 4.92. The molecule has 19 heavy (non-hydrogen) atoms. The van der Waals surface area contributed by atoms with Gasteiger partial charge in [-0.1, -0.05) is 13.3 Å². The van der Waals surface area contributed by atoms with Crippen LogP contribution in [0.3, 0.4) is 0 Å². The third kappa shape index (κ3) is 3.14. The van der Waals surface area contributed by atoms with Crippen LogP contribution in [0.2, 0.25) is 0 Å². The number of fused-ring (bicyclic) bond motifs is 1.